The van der Waals surface area contributed by atoms with Crippen LogP contribution in [0.2, 0.25) is 0 Å². The third-order valence-electron chi connectivity index (χ3n) is 2.89. The van der Waals surface area contributed by atoms with Crippen LogP contribution in [0.1, 0.15) is 47.0 Å². The fraction of sp³-hybridized carbons (Fsp3) is 0.909. The van der Waals surface area contributed by atoms with Crippen molar-refractivity contribution < 1.29 is 9.53 Å². The molecule has 0 aliphatic heterocycles. The van der Waals surface area contributed by atoms with Crippen LogP contribution in [0.5, 0.6) is 0 Å². The van der Waals surface area contributed by atoms with Crippen LogP contribution in [0.15, 0.2) is 0 Å². The Labute approximate surface area is 86.0 Å². The highest BCUT2D eigenvalue weighted by atomic mass is 16.6. The molecule has 0 aromatic rings. The van der Waals surface area contributed by atoms with Gasteiger partial charge in [0.2, 0.25) is 0 Å². The number of hydrogen-bond acceptors (Lipinski definition) is 3. The summed E-state index contributed by atoms with van der Waals surface area (Å²) in [4.78, 5) is 11.9. The van der Waals surface area contributed by atoms with E-state index in [0.29, 0.717) is 0 Å². The molecule has 0 saturated heterocycles. The smallest absolute Gasteiger partial charge is 0.313 e. The second-order valence-corrected chi connectivity index (χ2v) is 5.42. The number of nitrogens with two attached hydrogens (primary N) is 1. The molecule has 0 amide bonds. The monoisotopic (exact) mass is 199 g/mol. The third-order valence-corrected chi connectivity index (χ3v) is 2.89. The van der Waals surface area contributed by atoms with Gasteiger partial charge in [0, 0.05) is 6.04 Å². The molecule has 1 saturated carbocycles. The molecule has 0 unspecified atom stereocenters. The Hall–Kier alpha value is -0.570. The number of ether oxygens (including phenoxy) is 1. The first-order valence-corrected chi connectivity index (χ1v) is 5.25. The minimum Gasteiger partial charge on any atom is -0.460 e. The lowest BCUT2D eigenvalue weighted by Crippen LogP contribution is -2.44. The molecule has 3 nitrogen and oxygen atoms in total. The maximum atomic E-state index is 11.9. The van der Waals surface area contributed by atoms with Crippen LogP contribution < -0.4 is 5.73 Å². The van der Waals surface area contributed by atoms with Crippen LogP contribution in [0, 0.1) is 5.41 Å². The van der Waals surface area contributed by atoms with Gasteiger partial charge < -0.3 is 10.5 Å². The first-order valence-electron chi connectivity index (χ1n) is 5.25. The summed E-state index contributed by atoms with van der Waals surface area (Å²) in [6, 6.07) is -0.0441. The number of carbonyl (C=O) groups excluding carboxylic acids is 1. The highest BCUT2D eigenvalue weighted by molar-refractivity contribution is 5.78. The van der Waals surface area contributed by atoms with E-state index in [1.165, 1.54) is 0 Å². The third kappa shape index (κ3) is 2.27. The molecular formula is C11H21NO2. The van der Waals surface area contributed by atoms with E-state index in [9.17, 15) is 4.79 Å². The van der Waals surface area contributed by atoms with E-state index in [0.717, 1.165) is 19.3 Å². The minimum absolute atomic E-state index is 0.0441. The summed E-state index contributed by atoms with van der Waals surface area (Å²) in [5.74, 6) is -0.144. The lowest BCUT2D eigenvalue weighted by Gasteiger charge is -2.30. The van der Waals surface area contributed by atoms with E-state index in [2.05, 4.69) is 0 Å². The number of rotatable bonds is 1. The molecule has 0 radical (unpaired) electrons. The van der Waals surface area contributed by atoms with Gasteiger partial charge in [0.25, 0.3) is 0 Å². The fourth-order valence-electron chi connectivity index (χ4n) is 1.84. The topological polar surface area (TPSA) is 52.3 Å². The van der Waals surface area contributed by atoms with Crippen molar-refractivity contribution in [3.8, 4) is 0 Å². The maximum Gasteiger partial charge on any atom is 0.313 e. The molecule has 0 bridgehead atoms. The summed E-state index contributed by atoms with van der Waals surface area (Å²) in [5, 5.41) is 0. The molecule has 3 heteroatoms. The van der Waals surface area contributed by atoms with Gasteiger partial charge in [-0.15, -0.1) is 0 Å². The summed E-state index contributed by atoms with van der Waals surface area (Å²) in [6.45, 7) is 7.57. The van der Waals surface area contributed by atoms with E-state index in [4.69, 9.17) is 10.5 Å². The molecule has 14 heavy (non-hydrogen) atoms. The Kier molecular flexibility index (Phi) is 2.91. The Balaban J connectivity index is 2.68. The zero-order chi connectivity index (χ0) is 11.0. The van der Waals surface area contributed by atoms with E-state index < -0.39 is 11.0 Å². The molecule has 1 fully saturated rings. The molecule has 2 N–H and O–H groups in total. The summed E-state index contributed by atoms with van der Waals surface area (Å²) in [6.07, 6.45) is 2.80. The normalized spacial score (nSPS) is 33.1. The van der Waals surface area contributed by atoms with Crippen molar-refractivity contribution in [2.45, 2.75) is 58.6 Å². The molecule has 0 aromatic carbocycles. The summed E-state index contributed by atoms with van der Waals surface area (Å²) in [7, 11) is 0. The Bertz CT molecular complexity index is 232. The zero-order valence-electron chi connectivity index (χ0n) is 9.59. The van der Waals surface area contributed by atoms with Crippen molar-refractivity contribution in [3.05, 3.63) is 0 Å². The van der Waals surface area contributed by atoms with Gasteiger partial charge in [0.1, 0.15) is 5.60 Å². The SMILES string of the molecule is CC(C)(C)OC(=O)[C@@]1(C)CCC[C@@H]1N. The second kappa shape index (κ2) is 3.54. The molecule has 0 aromatic heterocycles. The molecule has 0 heterocycles. The van der Waals surface area contributed by atoms with E-state index in [-0.39, 0.29) is 12.0 Å². The molecule has 1 rings (SSSR count). The number of carbonyl (C=O) groups is 1. The van der Waals surface area contributed by atoms with Gasteiger partial charge in [-0.3, -0.25) is 4.79 Å². The first kappa shape index (κ1) is 11.5. The van der Waals surface area contributed by atoms with Gasteiger partial charge in [-0.1, -0.05) is 6.42 Å². The Morgan fingerprint density at radius 2 is 2.07 bits per heavy atom. The van der Waals surface area contributed by atoms with Crippen LogP contribution in [-0.4, -0.2) is 17.6 Å². The standard InChI is InChI=1S/C11H21NO2/c1-10(2,3)14-9(13)11(4)7-5-6-8(11)12/h8H,5-7,12H2,1-4H3/t8-,11-/m0/s1. The first-order chi connectivity index (χ1) is 6.26. The van der Waals surface area contributed by atoms with Crippen LogP contribution >= 0.6 is 0 Å². The van der Waals surface area contributed by atoms with Gasteiger partial charge in [-0.05, 0) is 40.5 Å². The van der Waals surface area contributed by atoms with Gasteiger partial charge in [-0.2, -0.15) is 0 Å². The molecule has 2 atom stereocenters. The molecule has 1 aliphatic carbocycles. The molecule has 1 aliphatic rings. The van der Waals surface area contributed by atoms with Gasteiger partial charge in [0.15, 0.2) is 0 Å². The summed E-state index contributed by atoms with van der Waals surface area (Å²) in [5.41, 5.74) is 5.05. The predicted molar refractivity (Wildman–Crippen MR) is 55.8 cm³/mol. The lowest BCUT2D eigenvalue weighted by atomic mass is 9.85. The Morgan fingerprint density at radius 3 is 2.43 bits per heavy atom. The maximum absolute atomic E-state index is 11.9. The summed E-state index contributed by atoms with van der Waals surface area (Å²) >= 11 is 0. The van der Waals surface area contributed by atoms with Crippen molar-refractivity contribution in [3.63, 3.8) is 0 Å². The van der Waals surface area contributed by atoms with Crippen LogP contribution in [-0.2, 0) is 9.53 Å². The predicted octanol–water partition coefficient (Wildman–Crippen LogP) is 1.85. The van der Waals surface area contributed by atoms with Crippen LogP contribution in [0.25, 0.3) is 0 Å². The van der Waals surface area contributed by atoms with Gasteiger partial charge >= 0.3 is 5.97 Å². The van der Waals surface area contributed by atoms with Crippen molar-refractivity contribution in [2.75, 3.05) is 0 Å². The van der Waals surface area contributed by atoms with E-state index in [1.807, 2.05) is 27.7 Å². The summed E-state index contributed by atoms with van der Waals surface area (Å²) < 4.78 is 5.38. The van der Waals surface area contributed by atoms with Gasteiger partial charge in [0.05, 0.1) is 5.41 Å². The zero-order valence-corrected chi connectivity index (χ0v) is 9.59. The quantitative estimate of drug-likeness (QED) is 0.656. The molecule has 0 spiro atoms. The second-order valence-electron chi connectivity index (χ2n) is 5.42. The number of hydrogen-bond donors (Lipinski definition) is 1. The molecule has 82 valence electrons. The van der Waals surface area contributed by atoms with Crippen LogP contribution in [0.3, 0.4) is 0 Å². The van der Waals surface area contributed by atoms with Gasteiger partial charge in [-0.25, -0.2) is 0 Å². The largest absolute Gasteiger partial charge is 0.460 e. The highest BCUT2D eigenvalue weighted by Crippen LogP contribution is 2.38. The van der Waals surface area contributed by atoms with Crippen molar-refractivity contribution in [2.24, 2.45) is 11.1 Å². The molecular weight excluding hydrogens is 178 g/mol. The minimum atomic E-state index is -0.465. The van der Waals surface area contributed by atoms with Crippen LogP contribution in [0.4, 0.5) is 0 Å². The fourth-order valence-corrected chi connectivity index (χ4v) is 1.84. The van der Waals surface area contributed by atoms with Crippen molar-refractivity contribution >= 4 is 5.97 Å². The van der Waals surface area contributed by atoms with E-state index in [1.54, 1.807) is 0 Å². The average Bonchev–Trinajstić information content (AvgIpc) is 2.30. The van der Waals surface area contributed by atoms with Crippen molar-refractivity contribution in [1.29, 1.82) is 0 Å². The van der Waals surface area contributed by atoms with Crippen molar-refractivity contribution in [1.82, 2.24) is 0 Å². The average molecular weight is 199 g/mol. The number of esters is 1. The Morgan fingerprint density at radius 1 is 1.50 bits per heavy atom. The lowest BCUT2D eigenvalue weighted by molar-refractivity contribution is -0.167. The highest BCUT2D eigenvalue weighted by Gasteiger charge is 2.45. The van der Waals surface area contributed by atoms with E-state index >= 15 is 0 Å².